The summed E-state index contributed by atoms with van der Waals surface area (Å²) >= 11 is 0. The summed E-state index contributed by atoms with van der Waals surface area (Å²) in [5.41, 5.74) is 1.14. The maximum absolute atomic E-state index is 4.07. The van der Waals surface area contributed by atoms with Gasteiger partial charge in [-0.3, -0.25) is 4.68 Å². The van der Waals surface area contributed by atoms with Gasteiger partial charge in [-0.25, -0.2) is 0 Å². The van der Waals surface area contributed by atoms with Crippen molar-refractivity contribution in [2.24, 2.45) is 0 Å². The van der Waals surface area contributed by atoms with Gasteiger partial charge in [-0.2, -0.15) is 5.10 Å². The minimum Gasteiger partial charge on any atom is -0.316 e. The fraction of sp³-hybridized carbons (Fsp3) is 0.375. The first-order chi connectivity index (χ1) is 5.33. The highest BCUT2D eigenvalue weighted by Gasteiger charge is 1.93. The number of nitrogens with one attached hydrogen (secondary N) is 1. The molecule has 1 aromatic heterocycles. The molecule has 0 radical (unpaired) electrons. The molecule has 60 valence electrons. The molecule has 0 saturated heterocycles. The smallest absolute Gasteiger partial charge is 0.0628 e. The highest BCUT2D eigenvalue weighted by atomic mass is 15.3. The molecule has 0 aliphatic carbocycles. The van der Waals surface area contributed by atoms with Crippen LogP contribution in [0.1, 0.15) is 0 Å². The third-order valence-electron chi connectivity index (χ3n) is 1.37. The van der Waals surface area contributed by atoms with Crippen LogP contribution in [-0.4, -0.2) is 23.4 Å². The third kappa shape index (κ3) is 2.55. The minimum atomic E-state index is 0.799. The van der Waals surface area contributed by atoms with Crippen molar-refractivity contribution in [3.05, 3.63) is 30.6 Å². The van der Waals surface area contributed by atoms with E-state index in [9.17, 15) is 0 Å². The van der Waals surface area contributed by atoms with Crippen LogP contribution in [0.2, 0.25) is 0 Å². The SMILES string of the molecule is C=C(CNC)Cn1cccn1. The Morgan fingerprint density at radius 3 is 3.09 bits per heavy atom. The summed E-state index contributed by atoms with van der Waals surface area (Å²) in [6, 6.07) is 1.91. The van der Waals surface area contributed by atoms with Crippen molar-refractivity contribution in [2.45, 2.75) is 6.54 Å². The average Bonchev–Trinajstić information content (AvgIpc) is 2.40. The number of nitrogens with zero attached hydrogens (tertiary/aromatic N) is 2. The van der Waals surface area contributed by atoms with Crippen LogP contribution >= 0.6 is 0 Å². The molecular weight excluding hydrogens is 138 g/mol. The van der Waals surface area contributed by atoms with Crippen molar-refractivity contribution in [3.63, 3.8) is 0 Å². The van der Waals surface area contributed by atoms with E-state index >= 15 is 0 Å². The van der Waals surface area contributed by atoms with Crippen molar-refractivity contribution < 1.29 is 0 Å². The van der Waals surface area contributed by atoms with E-state index in [-0.39, 0.29) is 0 Å². The first kappa shape index (κ1) is 8.01. The van der Waals surface area contributed by atoms with E-state index in [4.69, 9.17) is 0 Å². The second kappa shape index (κ2) is 3.93. The summed E-state index contributed by atoms with van der Waals surface area (Å²) in [6.07, 6.45) is 3.70. The second-order valence-corrected chi connectivity index (χ2v) is 2.48. The number of hydrogen-bond acceptors (Lipinski definition) is 2. The molecule has 0 spiro atoms. The second-order valence-electron chi connectivity index (χ2n) is 2.48. The summed E-state index contributed by atoms with van der Waals surface area (Å²) in [6.45, 7) is 5.54. The number of aromatic nitrogens is 2. The first-order valence-corrected chi connectivity index (χ1v) is 3.61. The molecule has 0 aliphatic heterocycles. The summed E-state index contributed by atoms with van der Waals surface area (Å²) in [4.78, 5) is 0. The molecule has 1 aromatic rings. The van der Waals surface area contributed by atoms with Gasteiger partial charge in [0.1, 0.15) is 0 Å². The molecule has 3 nitrogen and oxygen atoms in total. The van der Waals surface area contributed by atoms with Gasteiger partial charge in [0.25, 0.3) is 0 Å². The Kier molecular flexibility index (Phi) is 2.86. The summed E-state index contributed by atoms with van der Waals surface area (Å²) < 4.78 is 1.86. The molecule has 0 fully saturated rings. The Morgan fingerprint density at radius 1 is 1.73 bits per heavy atom. The van der Waals surface area contributed by atoms with Gasteiger partial charge in [0.15, 0.2) is 0 Å². The quantitative estimate of drug-likeness (QED) is 0.641. The Morgan fingerprint density at radius 2 is 2.55 bits per heavy atom. The molecule has 11 heavy (non-hydrogen) atoms. The minimum absolute atomic E-state index is 0.799. The summed E-state index contributed by atoms with van der Waals surface area (Å²) in [5.74, 6) is 0. The van der Waals surface area contributed by atoms with Crippen LogP contribution in [0.5, 0.6) is 0 Å². The molecule has 0 amide bonds. The lowest BCUT2D eigenvalue weighted by Crippen LogP contribution is -2.13. The van der Waals surface area contributed by atoms with Gasteiger partial charge in [-0.15, -0.1) is 0 Å². The normalized spacial score (nSPS) is 9.91. The molecule has 1 rings (SSSR count). The van der Waals surface area contributed by atoms with Gasteiger partial charge >= 0.3 is 0 Å². The van der Waals surface area contributed by atoms with E-state index in [1.165, 1.54) is 0 Å². The van der Waals surface area contributed by atoms with Gasteiger partial charge in [-0.05, 0) is 18.7 Å². The van der Waals surface area contributed by atoms with Crippen LogP contribution in [-0.2, 0) is 6.54 Å². The standard InChI is InChI=1S/C8H13N3/c1-8(6-9-2)7-11-5-3-4-10-11/h3-5,9H,1,6-7H2,2H3. The number of hydrogen-bond donors (Lipinski definition) is 1. The molecule has 0 saturated carbocycles. The number of likely N-dealkylation sites (N-methyl/N-ethyl adjacent to an activating group) is 1. The number of rotatable bonds is 4. The Hall–Kier alpha value is -1.09. The molecule has 0 aliphatic rings. The maximum Gasteiger partial charge on any atom is 0.0628 e. The van der Waals surface area contributed by atoms with Crippen molar-refractivity contribution in [1.82, 2.24) is 15.1 Å². The largest absolute Gasteiger partial charge is 0.316 e. The fourth-order valence-corrected chi connectivity index (χ4v) is 0.929. The van der Waals surface area contributed by atoms with Crippen LogP contribution in [0.15, 0.2) is 30.6 Å². The molecule has 1 heterocycles. The zero-order chi connectivity index (χ0) is 8.10. The van der Waals surface area contributed by atoms with Crippen LogP contribution in [0, 0.1) is 0 Å². The van der Waals surface area contributed by atoms with E-state index in [1.807, 2.05) is 24.0 Å². The Labute approximate surface area is 66.7 Å². The Bertz CT molecular complexity index is 213. The fourth-order valence-electron chi connectivity index (χ4n) is 0.929. The average molecular weight is 151 g/mol. The highest BCUT2D eigenvalue weighted by molar-refractivity contribution is 4.96. The topological polar surface area (TPSA) is 29.9 Å². The van der Waals surface area contributed by atoms with Crippen LogP contribution in [0.25, 0.3) is 0 Å². The van der Waals surface area contributed by atoms with Gasteiger partial charge in [0, 0.05) is 18.9 Å². The van der Waals surface area contributed by atoms with Crippen molar-refractivity contribution in [3.8, 4) is 0 Å². The van der Waals surface area contributed by atoms with Gasteiger partial charge < -0.3 is 5.32 Å². The van der Waals surface area contributed by atoms with E-state index in [0.29, 0.717) is 0 Å². The van der Waals surface area contributed by atoms with Crippen molar-refractivity contribution in [1.29, 1.82) is 0 Å². The van der Waals surface area contributed by atoms with Gasteiger partial charge in [-0.1, -0.05) is 6.58 Å². The lowest BCUT2D eigenvalue weighted by atomic mass is 10.3. The molecule has 3 heteroatoms. The predicted molar refractivity (Wildman–Crippen MR) is 45.3 cm³/mol. The van der Waals surface area contributed by atoms with Gasteiger partial charge in [0.2, 0.25) is 0 Å². The van der Waals surface area contributed by atoms with Crippen LogP contribution < -0.4 is 5.32 Å². The van der Waals surface area contributed by atoms with E-state index in [2.05, 4.69) is 17.0 Å². The summed E-state index contributed by atoms with van der Waals surface area (Å²) in [7, 11) is 1.91. The molecule has 0 atom stereocenters. The lowest BCUT2D eigenvalue weighted by molar-refractivity contribution is 0.656. The van der Waals surface area contributed by atoms with Crippen LogP contribution in [0.4, 0.5) is 0 Å². The molecule has 1 N–H and O–H groups in total. The highest BCUT2D eigenvalue weighted by Crippen LogP contribution is 1.93. The van der Waals surface area contributed by atoms with Gasteiger partial charge in [0.05, 0.1) is 6.54 Å². The predicted octanol–water partition coefficient (Wildman–Crippen LogP) is 0.659. The third-order valence-corrected chi connectivity index (χ3v) is 1.37. The molecule has 0 bridgehead atoms. The zero-order valence-corrected chi connectivity index (χ0v) is 6.75. The molecule has 0 unspecified atom stereocenters. The van der Waals surface area contributed by atoms with E-state index in [0.717, 1.165) is 18.7 Å². The zero-order valence-electron chi connectivity index (χ0n) is 6.75. The Balaban J connectivity index is 2.37. The van der Waals surface area contributed by atoms with E-state index in [1.54, 1.807) is 6.20 Å². The van der Waals surface area contributed by atoms with Crippen molar-refractivity contribution in [2.75, 3.05) is 13.6 Å². The molecular formula is C8H13N3. The lowest BCUT2D eigenvalue weighted by Gasteiger charge is -2.03. The van der Waals surface area contributed by atoms with Crippen molar-refractivity contribution >= 4 is 0 Å². The maximum atomic E-state index is 4.07. The van der Waals surface area contributed by atoms with E-state index < -0.39 is 0 Å². The van der Waals surface area contributed by atoms with Crippen LogP contribution in [0.3, 0.4) is 0 Å². The monoisotopic (exact) mass is 151 g/mol. The summed E-state index contributed by atoms with van der Waals surface area (Å²) in [5, 5.41) is 7.11. The molecule has 0 aromatic carbocycles. The first-order valence-electron chi connectivity index (χ1n) is 3.61.